The van der Waals surface area contributed by atoms with Gasteiger partial charge in [0.25, 0.3) is 0 Å². The minimum absolute atomic E-state index is 0.0974. The highest BCUT2D eigenvalue weighted by molar-refractivity contribution is 9.12. The highest BCUT2D eigenvalue weighted by atomic mass is 79.9. The fourth-order valence-electron chi connectivity index (χ4n) is 4.12. The molecule has 2 aliphatic rings. The van der Waals surface area contributed by atoms with E-state index < -0.39 is 0 Å². The Kier molecular flexibility index (Phi) is 3.87. The molecule has 0 heterocycles. The van der Waals surface area contributed by atoms with Crippen LogP contribution in [0, 0.1) is 18.8 Å². The third-order valence-corrected chi connectivity index (χ3v) is 8.52. The first-order valence-corrected chi connectivity index (χ1v) is 9.11. The number of hydrogen-bond acceptors (Lipinski definition) is 1. The number of aryl methyl sites for hydroxylation is 1. The first-order chi connectivity index (χ1) is 9.46. The van der Waals surface area contributed by atoms with Crippen molar-refractivity contribution in [2.24, 2.45) is 11.8 Å². The molecular weight excluding hydrogens is 380 g/mol. The zero-order valence-electron chi connectivity index (χ0n) is 11.9. The van der Waals surface area contributed by atoms with Gasteiger partial charge in [-0.2, -0.15) is 0 Å². The lowest BCUT2D eigenvalue weighted by Gasteiger charge is -2.39. The number of rotatable bonds is 1. The van der Waals surface area contributed by atoms with Gasteiger partial charge < -0.3 is 0 Å². The maximum Gasteiger partial charge on any atom is 0.154 e. The number of fused-ring (bicyclic) bond motifs is 1. The molecule has 0 radical (unpaired) electrons. The Balaban J connectivity index is 2.03. The zero-order valence-corrected chi connectivity index (χ0v) is 15.1. The van der Waals surface area contributed by atoms with Crippen LogP contribution < -0.4 is 0 Å². The number of carbonyl (C=O) groups is 1. The second kappa shape index (κ2) is 5.24. The summed E-state index contributed by atoms with van der Waals surface area (Å²) in [5, 5.41) is 0. The van der Waals surface area contributed by atoms with Crippen LogP contribution in [0.2, 0.25) is 0 Å². The molecule has 0 saturated heterocycles. The van der Waals surface area contributed by atoms with Crippen LogP contribution in [0.3, 0.4) is 0 Å². The minimum Gasteiger partial charge on any atom is -0.298 e. The molecule has 0 amide bonds. The van der Waals surface area contributed by atoms with E-state index in [4.69, 9.17) is 0 Å². The molecule has 0 aromatic heterocycles. The number of benzene rings is 1. The van der Waals surface area contributed by atoms with Crippen molar-refractivity contribution in [3.63, 3.8) is 0 Å². The van der Waals surface area contributed by atoms with Gasteiger partial charge in [0, 0.05) is 10.7 Å². The summed E-state index contributed by atoms with van der Waals surface area (Å²) in [5.74, 6) is 1.24. The van der Waals surface area contributed by atoms with E-state index in [0.717, 1.165) is 12.8 Å². The van der Waals surface area contributed by atoms with Crippen LogP contribution in [0.1, 0.15) is 43.2 Å². The van der Waals surface area contributed by atoms with Gasteiger partial charge in [-0.3, -0.25) is 4.79 Å². The normalized spacial score (nSPS) is 40.7. The SMILES string of the molecule is Cc1ccc([C@H]2[C@H](C)C(=O)[C@]3(Br)[C@@H]2CCC[C@@H]3Br)cc1. The predicted octanol–water partition coefficient (Wildman–Crippen LogP) is 4.99. The van der Waals surface area contributed by atoms with Gasteiger partial charge in [0.05, 0.1) is 0 Å². The van der Waals surface area contributed by atoms with E-state index in [1.807, 2.05) is 0 Å². The molecule has 1 aromatic rings. The van der Waals surface area contributed by atoms with Gasteiger partial charge >= 0.3 is 0 Å². The van der Waals surface area contributed by atoms with Crippen molar-refractivity contribution in [1.82, 2.24) is 0 Å². The van der Waals surface area contributed by atoms with Crippen molar-refractivity contribution in [2.45, 2.75) is 48.2 Å². The molecule has 2 fully saturated rings. The van der Waals surface area contributed by atoms with Crippen LogP contribution in [0.25, 0.3) is 0 Å². The lowest BCUT2D eigenvalue weighted by Crippen LogP contribution is -2.46. The second-order valence-electron chi connectivity index (χ2n) is 6.36. The smallest absolute Gasteiger partial charge is 0.154 e. The van der Waals surface area contributed by atoms with E-state index in [2.05, 4.69) is 70.0 Å². The van der Waals surface area contributed by atoms with Crippen molar-refractivity contribution >= 4 is 37.6 Å². The van der Waals surface area contributed by atoms with E-state index in [1.165, 1.54) is 17.5 Å². The van der Waals surface area contributed by atoms with Gasteiger partial charge in [-0.1, -0.05) is 75.0 Å². The van der Waals surface area contributed by atoms with Crippen molar-refractivity contribution in [3.8, 4) is 0 Å². The molecule has 20 heavy (non-hydrogen) atoms. The topological polar surface area (TPSA) is 17.1 Å². The summed E-state index contributed by atoms with van der Waals surface area (Å²) in [6.45, 7) is 4.21. The number of ketones is 1. The third-order valence-electron chi connectivity index (χ3n) is 5.19. The molecule has 1 nitrogen and oxygen atoms in total. The standard InChI is InChI=1S/C17H20Br2O/c1-10-6-8-12(9-7-10)15-11(2)16(20)17(19)13(15)4-3-5-14(17)18/h6-9,11,13-15H,3-5H2,1-2H3/t11-,13+,14-,15+,17-/m0/s1. The Hall–Kier alpha value is -0.150. The van der Waals surface area contributed by atoms with Gasteiger partial charge in [-0.25, -0.2) is 0 Å². The van der Waals surface area contributed by atoms with Crippen LogP contribution in [-0.2, 0) is 4.79 Å². The molecule has 0 bridgehead atoms. The van der Waals surface area contributed by atoms with Gasteiger partial charge in [0.1, 0.15) is 4.32 Å². The summed E-state index contributed by atoms with van der Waals surface area (Å²) < 4.78 is -0.361. The molecule has 2 saturated carbocycles. The Morgan fingerprint density at radius 3 is 2.50 bits per heavy atom. The summed E-state index contributed by atoms with van der Waals surface area (Å²) in [7, 11) is 0. The van der Waals surface area contributed by atoms with E-state index in [0.29, 0.717) is 17.6 Å². The number of Topliss-reactive ketones (excluding diaryl/α,β-unsaturated/α-hetero) is 1. The molecule has 2 aliphatic carbocycles. The molecule has 0 unspecified atom stereocenters. The summed E-state index contributed by atoms with van der Waals surface area (Å²) in [4.78, 5) is 13.1. The Bertz CT molecular complexity index is 524. The van der Waals surface area contributed by atoms with Gasteiger partial charge in [0.15, 0.2) is 5.78 Å². The quantitative estimate of drug-likeness (QED) is 0.607. The van der Waals surface area contributed by atoms with Crippen LogP contribution >= 0.6 is 31.9 Å². The lowest BCUT2D eigenvalue weighted by atomic mass is 9.75. The monoisotopic (exact) mass is 398 g/mol. The lowest BCUT2D eigenvalue weighted by molar-refractivity contribution is -0.122. The highest BCUT2D eigenvalue weighted by Gasteiger charge is 2.61. The van der Waals surface area contributed by atoms with Crippen molar-refractivity contribution < 1.29 is 4.79 Å². The summed E-state index contributed by atoms with van der Waals surface area (Å²) in [5.41, 5.74) is 2.60. The molecule has 3 heteroatoms. The maximum atomic E-state index is 12.8. The first kappa shape index (κ1) is 14.8. The van der Waals surface area contributed by atoms with Crippen molar-refractivity contribution in [2.75, 3.05) is 0 Å². The molecule has 5 atom stereocenters. The van der Waals surface area contributed by atoms with E-state index in [-0.39, 0.29) is 15.1 Å². The van der Waals surface area contributed by atoms with Crippen LogP contribution in [0.4, 0.5) is 0 Å². The van der Waals surface area contributed by atoms with Gasteiger partial charge in [-0.15, -0.1) is 0 Å². The fourth-order valence-corrected chi connectivity index (χ4v) is 6.11. The van der Waals surface area contributed by atoms with Gasteiger partial charge in [0.2, 0.25) is 0 Å². The van der Waals surface area contributed by atoms with Crippen LogP contribution in [0.5, 0.6) is 0 Å². The van der Waals surface area contributed by atoms with E-state index >= 15 is 0 Å². The minimum atomic E-state index is -0.361. The van der Waals surface area contributed by atoms with Crippen LogP contribution in [-0.4, -0.2) is 14.9 Å². The number of hydrogen-bond donors (Lipinski definition) is 0. The summed E-state index contributed by atoms with van der Waals surface area (Å²) in [6, 6.07) is 8.74. The average molecular weight is 400 g/mol. The van der Waals surface area contributed by atoms with E-state index in [1.54, 1.807) is 0 Å². The second-order valence-corrected chi connectivity index (χ2v) is 8.78. The van der Waals surface area contributed by atoms with E-state index in [9.17, 15) is 4.79 Å². The summed E-state index contributed by atoms with van der Waals surface area (Å²) >= 11 is 7.61. The predicted molar refractivity (Wildman–Crippen MR) is 89.8 cm³/mol. The number of carbonyl (C=O) groups excluding carboxylic acids is 1. The molecule has 108 valence electrons. The maximum absolute atomic E-state index is 12.8. The highest BCUT2D eigenvalue weighted by Crippen LogP contribution is 2.59. The molecular formula is C17H20Br2O. The molecule has 1 aromatic carbocycles. The average Bonchev–Trinajstić information content (AvgIpc) is 2.63. The first-order valence-electron chi connectivity index (χ1n) is 7.40. The Morgan fingerprint density at radius 1 is 1.20 bits per heavy atom. The van der Waals surface area contributed by atoms with Gasteiger partial charge in [-0.05, 0) is 37.2 Å². The van der Waals surface area contributed by atoms with Crippen molar-refractivity contribution in [1.29, 1.82) is 0 Å². The molecule has 0 N–H and O–H groups in total. The molecule has 3 rings (SSSR count). The summed E-state index contributed by atoms with van der Waals surface area (Å²) in [6.07, 6.45) is 3.43. The Morgan fingerprint density at radius 2 is 1.85 bits per heavy atom. The fraction of sp³-hybridized carbons (Fsp3) is 0.588. The molecule has 0 aliphatic heterocycles. The largest absolute Gasteiger partial charge is 0.298 e. The number of alkyl halides is 2. The zero-order chi connectivity index (χ0) is 14.5. The third kappa shape index (κ3) is 2.04. The Labute approximate surface area is 137 Å². The van der Waals surface area contributed by atoms with Crippen LogP contribution in [0.15, 0.2) is 24.3 Å². The molecule has 0 spiro atoms. The van der Waals surface area contributed by atoms with Crippen molar-refractivity contribution in [3.05, 3.63) is 35.4 Å². The number of halogens is 2.